The summed E-state index contributed by atoms with van der Waals surface area (Å²) < 4.78 is 10.8. The van der Waals surface area contributed by atoms with E-state index in [-0.39, 0.29) is 29.5 Å². The van der Waals surface area contributed by atoms with Crippen molar-refractivity contribution in [3.05, 3.63) is 102 Å². The Balaban J connectivity index is 1.72. The van der Waals surface area contributed by atoms with Gasteiger partial charge >= 0.3 is 5.69 Å². The molecule has 0 aliphatic rings. The molecule has 3 rings (SSSR count). The second-order valence-corrected chi connectivity index (χ2v) is 6.61. The largest absolute Gasteiger partial charge is 0.493 e. The zero-order valence-corrected chi connectivity index (χ0v) is 17.5. The SMILES string of the molecule is COc1cc(/C=N\OCc2cccc([N+](=O)[O-])c2)ccc1Oc1ccc([N+](=O)[O-])cc1[N+](=O)[O-]. The molecule has 3 aromatic rings. The van der Waals surface area contributed by atoms with Crippen molar-refractivity contribution in [2.24, 2.45) is 5.16 Å². The maximum absolute atomic E-state index is 11.3. The lowest BCUT2D eigenvalue weighted by Crippen LogP contribution is -1.98. The third kappa shape index (κ3) is 5.79. The lowest BCUT2D eigenvalue weighted by atomic mass is 10.2. The molecule has 0 radical (unpaired) electrons. The van der Waals surface area contributed by atoms with Gasteiger partial charge in [-0.05, 0) is 29.8 Å². The monoisotopic (exact) mass is 468 g/mol. The van der Waals surface area contributed by atoms with Gasteiger partial charge in [0.1, 0.15) is 6.61 Å². The van der Waals surface area contributed by atoms with Crippen molar-refractivity contribution in [2.75, 3.05) is 7.11 Å². The van der Waals surface area contributed by atoms with Gasteiger partial charge in [-0.2, -0.15) is 0 Å². The van der Waals surface area contributed by atoms with Crippen molar-refractivity contribution in [3.8, 4) is 17.2 Å². The van der Waals surface area contributed by atoms with Gasteiger partial charge in [-0.1, -0.05) is 17.3 Å². The Morgan fingerprint density at radius 2 is 1.53 bits per heavy atom. The van der Waals surface area contributed by atoms with E-state index in [9.17, 15) is 30.3 Å². The first-order valence-electron chi connectivity index (χ1n) is 9.46. The van der Waals surface area contributed by atoms with Crippen LogP contribution in [0.15, 0.2) is 65.8 Å². The Bertz CT molecular complexity index is 1280. The minimum atomic E-state index is -0.783. The zero-order valence-electron chi connectivity index (χ0n) is 17.5. The van der Waals surface area contributed by atoms with Crippen LogP contribution in [0.3, 0.4) is 0 Å². The number of benzene rings is 3. The number of oxime groups is 1. The lowest BCUT2D eigenvalue weighted by molar-refractivity contribution is -0.394. The van der Waals surface area contributed by atoms with E-state index >= 15 is 0 Å². The molecule has 34 heavy (non-hydrogen) atoms. The zero-order chi connectivity index (χ0) is 24.7. The van der Waals surface area contributed by atoms with E-state index in [1.807, 2.05) is 0 Å². The fraction of sp³-hybridized carbons (Fsp3) is 0.0952. The highest BCUT2D eigenvalue weighted by atomic mass is 16.6. The number of rotatable bonds is 10. The molecule has 0 bridgehead atoms. The van der Waals surface area contributed by atoms with E-state index < -0.39 is 26.1 Å². The number of nitro groups is 3. The normalized spacial score (nSPS) is 10.6. The first kappa shape index (κ1) is 23.6. The third-order valence-corrected chi connectivity index (χ3v) is 4.39. The number of nitro benzene ring substituents is 3. The molecule has 0 aliphatic carbocycles. The van der Waals surface area contributed by atoms with Crippen molar-refractivity contribution in [3.63, 3.8) is 0 Å². The Hall–Kier alpha value is -5.07. The molecule has 3 aromatic carbocycles. The van der Waals surface area contributed by atoms with Gasteiger partial charge in [-0.15, -0.1) is 0 Å². The second-order valence-electron chi connectivity index (χ2n) is 6.61. The average Bonchev–Trinajstić information content (AvgIpc) is 2.82. The quantitative estimate of drug-likeness (QED) is 0.231. The average molecular weight is 468 g/mol. The maximum atomic E-state index is 11.3. The van der Waals surface area contributed by atoms with E-state index in [1.165, 1.54) is 37.6 Å². The number of ether oxygens (including phenoxy) is 2. The molecule has 13 heteroatoms. The standard InChI is InChI=1S/C21H16N4O9/c1-32-21-10-14(12-22-33-13-15-3-2-4-16(9-15)23(26)27)5-7-20(21)34-19-8-6-17(24(28)29)11-18(19)25(30)31/h2-12H,13H2,1H3/b22-12-. The number of hydrogen-bond donors (Lipinski definition) is 0. The van der Waals surface area contributed by atoms with Crippen LogP contribution in [0, 0.1) is 30.3 Å². The predicted molar refractivity (Wildman–Crippen MR) is 118 cm³/mol. The first-order chi connectivity index (χ1) is 16.3. The van der Waals surface area contributed by atoms with Crippen molar-refractivity contribution in [1.82, 2.24) is 0 Å². The van der Waals surface area contributed by atoms with E-state index in [0.717, 1.165) is 18.2 Å². The summed E-state index contributed by atoms with van der Waals surface area (Å²) in [5.74, 6) is 0.153. The van der Waals surface area contributed by atoms with E-state index in [4.69, 9.17) is 14.3 Å². The van der Waals surface area contributed by atoms with E-state index in [0.29, 0.717) is 11.1 Å². The molecule has 0 saturated heterocycles. The summed E-state index contributed by atoms with van der Waals surface area (Å²) >= 11 is 0. The molecule has 0 aliphatic heterocycles. The summed E-state index contributed by atoms with van der Waals surface area (Å²) in [6, 6.07) is 13.6. The van der Waals surface area contributed by atoms with Crippen molar-refractivity contribution in [1.29, 1.82) is 0 Å². The summed E-state index contributed by atoms with van der Waals surface area (Å²) in [7, 11) is 1.37. The molecule has 0 unspecified atom stereocenters. The van der Waals surface area contributed by atoms with Gasteiger partial charge in [0.15, 0.2) is 11.5 Å². The molecule has 0 N–H and O–H groups in total. The Labute approximate surface area is 191 Å². The minimum absolute atomic E-state index is 0.0142. The molecule has 0 fully saturated rings. The minimum Gasteiger partial charge on any atom is -0.493 e. The van der Waals surface area contributed by atoms with Crippen LogP contribution in [-0.2, 0) is 11.4 Å². The van der Waals surface area contributed by atoms with Gasteiger partial charge in [0.05, 0.1) is 34.2 Å². The molecular formula is C21H16N4O9. The van der Waals surface area contributed by atoms with Crippen molar-refractivity contribution < 1.29 is 29.1 Å². The van der Waals surface area contributed by atoms with Crippen LogP contribution in [0.2, 0.25) is 0 Å². The maximum Gasteiger partial charge on any atom is 0.318 e. The summed E-state index contributed by atoms with van der Waals surface area (Å²) in [6.45, 7) is 0.0142. The van der Waals surface area contributed by atoms with Gasteiger partial charge in [0.25, 0.3) is 11.4 Å². The summed E-state index contributed by atoms with van der Waals surface area (Å²) in [5.41, 5.74) is 0.0385. The fourth-order valence-corrected chi connectivity index (χ4v) is 2.79. The highest BCUT2D eigenvalue weighted by Crippen LogP contribution is 2.38. The van der Waals surface area contributed by atoms with Gasteiger partial charge < -0.3 is 14.3 Å². The van der Waals surface area contributed by atoms with Gasteiger partial charge in [0, 0.05) is 23.8 Å². The third-order valence-electron chi connectivity index (χ3n) is 4.39. The molecule has 0 amide bonds. The van der Waals surface area contributed by atoms with Crippen molar-refractivity contribution >= 4 is 23.3 Å². The molecule has 0 heterocycles. The van der Waals surface area contributed by atoms with Crippen LogP contribution in [0.4, 0.5) is 17.1 Å². The van der Waals surface area contributed by atoms with E-state index in [2.05, 4.69) is 5.16 Å². The van der Waals surface area contributed by atoms with Crippen molar-refractivity contribution in [2.45, 2.75) is 6.61 Å². The Morgan fingerprint density at radius 1 is 0.824 bits per heavy atom. The lowest BCUT2D eigenvalue weighted by Gasteiger charge is -2.11. The molecule has 13 nitrogen and oxygen atoms in total. The predicted octanol–water partition coefficient (Wildman–Crippen LogP) is 4.76. The topological polar surface area (TPSA) is 169 Å². The number of hydrogen-bond acceptors (Lipinski definition) is 10. The van der Waals surface area contributed by atoms with Gasteiger partial charge in [-0.3, -0.25) is 30.3 Å². The van der Waals surface area contributed by atoms with Crippen LogP contribution in [0.5, 0.6) is 17.2 Å². The van der Waals surface area contributed by atoms with Gasteiger partial charge in [0.2, 0.25) is 5.75 Å². The second kappa shape index (κ2) is 10.5. The molecule has 0 spiro atoms. The molecular weight excluding hydrogens is 452 g/mol. The van der Waals surface area contributed by atoms with Crippen LogP contribution in [0.1, 0.15) is 11.1 Å². The van der Waals surface area contributed by atoms with Crippen LogP contribution in [0.25, 0.3) is 0 Å². The highest BCUT2D eigenvalue weighted by Gasteiger charge is 2.22. The molecule has 0 saturated carbocycles. The number of non-ortho nitro benzene ring substituents is 2. The highest BCUT2D eigenvalue weighted by molar-refractivity contribution is 5.80. The van der Waals surface area contributed by atoms with Crippen LogP contribution in [-0.4, -0.2) is 28.1 Å². The Kier molecular flexibility index (Phi) is 7.28. The fourth-order valence-electron chi connectivity index (χ4n) is 2.79. The number of methoxy groups -OCH3 is 1. The van der Waals surface area contributed by atoms with Gasteiger partial charge in [-0.25, -0.2) is 0 Å². The smallest absolute Gasteiger partial charge is 0.318 e. The molecule has 0 atom stereocenters. The van der Waals surface area contributed by atoms with Crippen LogP contribution < -0.4 is 9.47 Å². The summed E-state index contributed by atoms with van der Waals surface area (Å²) in [4.78, 5) is 36.2. The van der Waals surface area contributed by atoms with E-state index in [1.54, 1.807) is 18.2 Å². The summed E-state index contributed by atoms with van der Waals surface area (Å²) in [6.07, 6.45) is 1.37. The summed E-state index contributed by atoms with van der Waals surface area (Å²) in [5, 5.41) is 36.8. The Morgan fingerprint density at radius 3 is 2.21 bits per heavy atom. The number of nitrogens with zero attached hydrogens (tertiary/aromatic N) is 4. The first-order valence-corrected chi connectivity index (χ1v) is 9.46. The molecule has 174 valence electrons. The van der Waals surface area contributed by atoms with Crippen LogP contribution >= 0.6 is 0 Å². The molecule has 0 aromatic heterocycles.